The Kier molecular flexibility index (Phi) is 5.29. The van der Waals surface area contributed by atoms with Crippen LogP contribution < -0.4 is 10.6 Å². The summed E-state index contributed by atoms with van der Waals surface area (Å²) >= 11 is 0. The van der Waals surface area contributed by atoms with Crippen LogP contribution in [0.3, 0.4) is 0 Å². The molecule has 0 bridgehead atoms. The molecule has 0 radical (unpaired) electrons. The van der Waals surface area contributed by atoms with Gasteiger partial charge in [0.15, 0.2) is 0 Å². The third-order valence-electron chi connectivity index (χ3n) is 4.05. The molecule has 3 rings (SSSR count). The molecule has 0 unspecified atom stereocenters. The van der Waals surface area contributed by atoms with E-state index in [1.807, 2.05) is 37.3 Å². The fourth-order valence-corrected chi connectivity index (χ4v) is 2.55. The van der Waals surface area contributed by atoms with Gasteiger partial charge in [0.1, 0.15) is 0 Å². The molecule has 0 saturated heterocycles. The summed E-state index contributed by atoms with van der Waals surface area (Å²) in [6, 6.07) is 22.6. The predicted molar refractivity (Wildman–Crippen MR) is 105 cm³/mol. The maximum atomic E-state index is 12.4. The summed E-state index contributed by atoms with van der Waals surface area (Å²) in [7, 11) is 0. The van der Waals surface area contributed by atoms with Crippen molar-refractivity contribution in [1.29, 1.82) is 5.26 Å². The van der Waals surface area contributed by atoms with Crippen LogP contribution in [0.2, 0.25) is 0 Å². The van der Waals surface area contributed by atoms with Crippen molar-refractivity contribution >= 4 is 23.2 Å². The Bertz CT molecular complexity index is 1030. The minimum Gasteiger partial charge on any atom is -0.322 e. The number of benzene rings is 3. The Hall–Kier alpha value is -3.91. The molecule has 2 amide bonds. The van der Waals surface area contributed by atoms with Crippen molar-refractivity contribution in [3.8, 4) is 6.07 Å². The SMILES string of the molecule is Cc1ccccc1NC(=O)c1ccc(C(=O)Nc2cccc(C#N)c2)cc1. The minimum atomic E-state index is -0.309. The number of hydrogen-bond acceptors (Lipinski definition) is 3. The molecule has 5 nitrogen and oxygen atoms in total. The van der Waals surface area contributed by atoms with Gasteiger partial charge >= 0.3 is 0 Å². The van der Waals surface area contributed by atoms with Crippen LogP contribution in [0.1, 0.15) is 31.8 Å². The average molecular weight is 355 g/mol. The molecule has 0 heterocycles. The lowest BCUT2D eigenvalue weighted by atomic mass is 10.1. The highest BCUT2D eigenvalue weighted by atomic mass is 16.2. The smallest absolute Gasteiger partial charge is 0.255 e. The molecule has 0 fully saturated rings. The standard InChI is InChI=1S/C22H17N3O2/c1-15-5-2-3-8-20(15)25-22(27)18-11-9-17(10-12-18)21(26)24-19-7-4-6-16(13-19)14-23/h2-13H,1H3,(H,24,26)(H,25,27). The van der Waals surface area contributed by atoms with E-state index < -0.39 is 0 Å². The van der Waals surface area contributed by atoms with Crippen molar-refractivity contribution in [3.05, 3.63) is 95.1 Å². The number of nitriles is 1. The lowest BCUT2D eigenvalue weighted by Crippen LogP contribution is -2.14. The Morgan fingerprint density at radius 1 is 0.815 bits per heavy atom. The number of amides is 2. The van der Waals surface area contributed by atoms with E-state index in [1.54, 1.807) is 48.5 Å². The largest absolute Gasteiger partial charge is 0.322 e. The van der Waals surface area contributed by atoms with Gasteiger partial charge < -0.3 is 10.6 Å². The van der Waals surface area contributed by atoms with Crippen molar-refractivity contribution in [3.63, 3.8) is 0 Å². The number of rotatable bonds is 4. The fraction of sp³-hybridized carbons (Fsp3) is 0.0455. The molecule has 0 atom stereocenters. The van der Waals surface area contributed by atoms with Crippen molar-refractivity contribution in [2.45, 2.75) is 6.92 Å². The maximum absolute atomic E-state index is 12.4. The average Bonchev–Trinajstić information content (AvgIpc) is 2.70. The van der Waals surface area contributed by atoms with Gasteiger partial charge in [0, 0.05) is 22.5 Å². The number of nitrogens with one attached hydrogen (secondary N) is 2. The van der Waals surface area contributed by atoms with E-state index in [1.165, 1.54) is 0 Å². The van der Waals surface area contributed by atoms with E-state index >= 15 is 0 Å². The van der Waals surface area contributed by atoms with Crippen LogP contribution in [-0.2, 0) is 0 Å². The van der Waals surface area contributed by atoms with E-state index in [0.717, 1.165) is 11.3 Å². The number of aryl methyl sites for hydroxylation is 1. The van der Waals surface area contributed by atoms with Crippen molar-refractivity contribution in [2.24, 2.45) is 0 Å². The zero-order valence-electron chi connectivity index (χ0n) is 14.7. The number of carbonyl (C=O) groups excluding carboxylic acids is 2. The zero-order valence-corrected chi connectivity index (χ0v) is 14.7. The van der Waals surface area contributed by atoms with Crippen LogP contribution in [0.15, 0.2) is 72.8 Å². The van der Waals surface area contributed by atoms with Gasteiger partial charge in [-0.05, 0) is 61.0 Å². The second-order valence-corrected chi connectivity index (χ2v) is 5.99. The molecule has 5 heteroatoms. The van der Waals surface area contributed by atoms with Gasteiger partial charge in [-0.3, -0.25) is 9.59 Å². The van der Waals surface area contributed by atoms with Crippen LogP contribution in [0.5, 0.6) is 0 Å². The molecular weight excluding hydrogens is 338 g/mol. The lowest BCUT2D eigenvalue weighted by molar-refractivity contribution is 0.101. The summed E-state index contributed by atoms with van der Waals surface area (Å²) < 4.78 is 0. The third kappa shape index (κ3) is 4.39. The highest BCUT2D eigenvalue weighted by Gasteiger charge is 2.10. The summed E-state index contributed by atoms with van der Waals surface area (Å²) in [5, 5.41) is 14.5. The first-order valence-electron chi connectivity index (χ1n) is 8.35. The van der Waals surface area contributed by atoms with Crippen LogP contribution in [0.25, 0.3) is 0 Å². The first kappa shape index (κ1) is 17.9. The highest BCUT2D eigenvalue weighted by molar-refractivity contribution is 6.07. The molecule has 0 spiro atoms. The molecule has 0 aliphatic carbocycles. The normalized spacial score (nSPS) is 9.93. The third-order valence-corrected chi connectivity index (χ3v) is 4.05. The Morgan fingerprint density at radius 2 is 1.44 bits per heavy atom. The lowest BCUT2D eigenvalue weighted by Gasteiger charge is -2.09. The molecule has 27 heavy (non-hydrogen) atoms. The van der Waals surface area contributed by atoms with E-state index in [2.05, 4.69) is 10.6 Å². The molecule has 0 saturated carbocycles. The molecule has 0 aliphatic rings. The van der Waals surface area contributed by atoms with Gasteiger partial charge in [-0.1, -0.05) is 24.3 Å². The topological polar surface area (TPSA) is 82.0 Å². The Morgan fingerprint density at radius 3 is 2.07 bits per heavy atom. The Balaban J connectivity index is 1.69. The second-order valence-electron chi connectivity index (χ2n) is 5.99. The fourth-order valence-electron chi connectivity index (χ4n) is 2.55. The summed E-state index contributed by atoms with van der Waals surface area (Å²) in [6.07, 6.45) is 0. The van der Waals surface area contributed by atoms with Crippen LogP contribution in [0, 0.1) is 18.3 Å². The number of hydrogen-bond donors (Lipinski definition) is 2. The van der Waals surface area contributed by atoms with Crippen LogP contribution >= 0.6 is 0 Å². The Labute approximate surface area is 157 Å². The first-order valence-corrected chi connectivity index (χ1v) is 8.35. The summed E-state index contributed by atoms with van der Waals surface area (Å²) in [6.45, 7) is 1.92. The minimum absolute atomic E-state index is 0.238. The molecular formula is C22H17N3O2. The quantitative estimate of drug-likeness (QED) is 0.729. The van der Waals surface area contributed by atoms with E-state index in [9.17, 15) is 9.59 Å². The number of nitrogens with zero attached hydrogens (tertiary/aromatic N) is 1. The first-order chi connectivity index (χ1) is 13.1. The van der Waals surface area contributed by atoms with Crippen molar-refractivity contribution in [1.82, 2.24) is 0 Å². The molecule has 3 aromatic carbocycles. The van der Waals surface area contributed by atoms with Gasteiger partial charge in [-0.25, -0.2) is 0 Å². The molecule has 0 aliphatic heterocycles. The number of anilines is 2. The van der Waals surface area contributed by atoms with E-state index in [0.29, 0.717) is 22.4 Å². The van der Waals surface area contributed by atoms with Crippen molar-refractivity contribution in [2.75, 3.05) is 10.6 Å². The maximum Gasteiger partial charge on any atom is 0.255 e. The van der Waals surface area contributed by atoms with Gasteiger partial charge in [0.05, 0.1) is 11.6 Å². The van der Waals surface area contributed by atoms with E-state index in [4.69, 9.17) is 5.26 Å². The van der Waals surface area contributed by atoms with Gasteiger partial charge in [-0.15, -0.1) is 0 Å². The van der Waals surface area contributed by atoms with Crippen LogP contribution in [-0.4, -0.2) is 11.8 Å². The van der Waals surface area contributed by atoms with Gasteiger partial charge in [0.2, 0.25) is 0 Å². The zero-order chi connectivity index (χ0) is 19.2. The predicted octanol–water partition coefficient (Wildman–Crippen LogP) is 4.37. The molecule has 2 N–H and O–H groups in total. The van der Waals surface area contributed by atoms with Gasteiger partial charge in [-0.2, -0.15) is 5.26 Å². The van der Waals surface area contributed by atoms with Crippen molar-refractivity contribution < 1.29 is 9.59 Å². The monoisotopic (exact) mass is 355 g/mol. The number of para-hydroxylation sites is 1. The molecule has 0 aromatic heterocycles. The summed E-state index contributed by atoms with van der Waals surface area (Å²) in [5.41, 5.74) is 3.62. The highest BCUT2D eigenvalue weighted by Crippen LogP contribution is 2.16. The molecule has 3 aromatic rings. The van der Waals surface area contributed by atoms with Gasteiger partial charge in [0.25, 0.3) is 11.8 Å². The van der Waals surface area contributed by atoms with Crippen LogP contribution in [0.4, 0.5) is 11.4 Å². The molecule has 132 valence electrons. The number of carbonyl (C=O) groups is 2. The summed E-state index contributed by atoms with van der Waals surface area (Å²) in [5.74, 6) is -0.547. The van der Waals surface area contributed by atoms with E-state index in [-0.39, 0.29) is 11.8 Å². The second kappa shape index (κ2) is 7.98. The summed E-state index contributed by atoms with van der Waals surface area (Å²) in [4.78, 5) is 24.7.